The van der Waals surface area contributed by atoms with Crippen LogP contribution in [0.3, 0.4) is 0 Å². The first-order valence-corrected chi connectivity index (χ1v) is 7.44. The first-order valence-electron chi connectivity index (χ1n) is 7.44. The Bertz CT molecular complexity index is 551. The molecule has 2 aromatic carbocycles. The van der Waals surface area contributed by atoms with E-state index in [9.17, 15) is 5.11 Å². The number of benzene rings is 2. The van der Waals surface area contributed by atoms with Crippen LogP contribution in [0.2, 0.25) is 0 Å². The Hall–Kier alpha value is -2.16. The minimum Gasteiger partial charge on any atom is -0.508 e. The molecule has 112 valence electrons. The Balaban J connectivity index is 1.92. The minimum absolute atomic E-state index is 0.302. The van der Waals surface area contributed by atoms with Crippen LogP contribution in [0.25, 0.3) is 0 Å². The summed E-state index contributed by atoms with van der Waals surface area (Å²) in [5.74, 6) is 1.21. The summed E-state index contributed by atoms with van der Waals surface area (Å²) >= 11 is 0. The van der Waals surface area contributed by atoms with Crippen molar-refractivity contribution in [3.63, 3.8) is 0 Å². The molecule has 0 aliphatic heterocycles. The van der Waals surface area contributed by atoms with Gasteiger partial charge in [0.25, 0.3) is 0 Å². The molecular formula is C18H23NO2. The van der Waals surface area contributed by atoms with Crippen molar-refractivity contribution in [2.24, 2.45) is 0 Å². The standard InChI is InChI=1S/C18H23NO2/c1-3-11-21-18-6-4-5-16(13-18)19-14(2)12-15-7-9-17(20)10-8-15/h4-10,13-14,19-20H,3,11-12H2,1-2H3. The molecule has 2 N–H and O–H groups in total. The number of phenolic OH excluding ortho intramolecular Hbond substituents is 1. The van der Waals surface area contributed by atoms with Gasteiger partial charge in [-0.2, -0.15) is 0 Å². The lowest BCUT2D eigenvalue weighted by molar-refractivity contribution is 0.317. The molecular weight excluding hydrogens is 262 g/mol. The lowest BCUT2D eigenvalue weighted by Gasteiger charge is -2.16. The molecule has 3 nitrogen and oxygen atoms in total. The quantitative estimate of drug-likeness (QED) is 0.800. The highest BCUT2D eigenvalue weighted by atomic mass is 16.5. The molecule has 0 fully saturated rings. The zero-order valence-electron chi connectivity index (χ0n) is 12.7. The van der Waals surface area contributed by atoms with Gasteiger partial charge in [0.05, 0.1) is 6.61 Å². The maximum atomic E-state index is 9.30. The summed E-state index contributed by atoms with van der Waals surface area (Å²) in [6, 6.07) is 15.7. The van der Waals surface area contributed by atoms with Gasteiger partial charge in [0.15, 0.2) is 0 Å². The van der Waals surface area contributed by atoms with Crippen molar-refractivity contribution in [3.8, 4) is 11.5 Å². The summed E-state index contributed by atoms with van der Waals surface area (Å²) < 4.78 is 5.64. The zero-order chi connectivity index (χ0) is 15.1. The van der Waals surface area contributed by atoms with E-state index in [1.807, 2.05) is 36.4 Å². The fourth-order valence-electron chi connectivity index (χ4n) is 2.22. The lowest BCUT2D eigenvalue weighted by atomic mass is 10.1. The van der Waals surface area contributed by atoms with Crippen molar-refractivity contribution in [2.45, 2.75) is 32.7 Å². The first kappa shape index (κ1) is 15.2. The number of hydrogen-bond donors (Lipinski definition) is 2. The number of anilines is 1. The molecule has 0 aliphatic rings. The molecule has 0 amide bonds. The third-order valence-electron chi connectivity index (χ3n) is 3.20. The van der Waals surface area contributed by atoms with Crippen molar-refractivity contribution in [1.29, 1.82) is 0 Å². The van der Waals surface area contributed by atoms with E-state index >= 15 is 0 Å². The Labute approximate surface area is 126 Å². The Morgan fingerprint density at radius 1 is 1.14 bits per heavy atom. The van der Waals surface area contributed by atoms with E-state index in [0.29, 0.717) is 11.8 Å². The number of hydrogen-bond acceptors (Lipinski definition) is 3. The van der Waals surface area contributed by atoms with Gasteiger partial charge in [-0.3, -0.25) is 0 Å². The number of nitrogens with one attached hydrogen (secondary N) is 1. The molecule has 0 saturated carbocycles. The SMILES string of the molecule is CCCOc1cccc(NC(C)Cc2ccc(O)cc2)c1. The van der Waals surface area contributed by atoms with Crippen molar-refractivity contribution in [3.05, 3.63) is 54.1 Å². The first-order chi connectivity index (χ1) is 10.2. The molecule has 0 radical (unpaired) electrons. The van der Waals surface area contributed by atoms with E-state index in [1.165, 1.54) is 5.56 Å². The Morgan fingerprint density at radius 2 is 1.90 bits per heavy atom. The van der Waals surface area contributed by atoms with E-state index < -0.39 is 0 Å². The normalized spacial score (nSPS) is 11.9. The Kier molecular flexibility index (Phi) is 5.50. The number of aromatic hydroxyl groups is 1. The van der Waals surface area contributed by atoms with Crippen LogP contribution in [0.1, 0.15) is 25.8 Å². The van der Waals surface area contributed by atoms with Gasteiger partial charge in [-0.25, -0.2) is 0 Å². The molecule has 1 atom stereocenters. The van der Waals surface area contributed by atoms with Crippen LogP contribution in [0.4, 0.5) is 5.69 Å². The molecule has 2 rings (SSSR count). The van der Waals surface area contributed by atoms with E-state index in [4.69, 9.17) is 4.74 Å². The number of rotatable bonds is 7. The van der Waals surface area contributed by atoms with Crippen molar-refractivity contribution < 1.29 is 9.84 Å². The maximum absolute atomic E-state index is 9.30. The van der Waals surface area contributed by atoms with Crippen LogP contribution < -0.4 is 10.1 Å². The molecule has 1 unspecified atom stereocenters. The highest BCUT2D eigenvalue weighted by Gasteiger charge is 2.05. The molecule has 21 heavy (non-hydrogen) atoms. The van der Waals surface area contributed by atoms with Gasteiger partial charge in [0.2, 0.25) is 0 Å². The van der Waals surface area contributed by atoms with Gasteiger partial charge in [-0.05, 0) is 49.6 Å². The molecule has 2 aromatic rings. The molecule has 0 aromatic heterocycles. The summed E-state index contributed by atoms with van der Waals surface area (Å²) in [4.78, 5) is 0. The van der Waals surface area contributed by atoms with Gasteiger partial charge in [0.1, 0.15) is 11.5 Å². The minimum atomic E-state index is 0.302. The molecule has 0 heterocycles. The second-order valence-corrected chi connectivity index (χ2v) is 5.29. The van der Waals surface area contributed by atoms with Gasteiger partial charge in [-0.1, -0.05) is 25.1 Å². The fraction of sp³-hybridized carbons (Fsp3) is 0.333. The van der Waals surface area contributed by atoms with Crippen LogP contribution in [-0.2, 0) is 6.42 Å². The predicted molar refractivity (Wildman–Crippen MR) is 87.1 cm³/mol. The number of ether oxygens (including phenoxy) is 1. The largest absolute Gasteiger partial charge is 0.508 e. The second-order valence-electron chi connectivity index (χ2n) is 5.29. The monoisotopic (exact) mass is 285 g/mol. The van der Waals surface area contributed by atoms with Crippen LogP contribution in [-0.4, -0.2) is 17.8 Å². The van der Waals surface area contributed by atoms with Crippen molar-refractivity contribution in [2.75, 3.05) is 11.9 Å². The number of phenols is 1. The molecule has 0 spiro atoms. The average Bonchev–Trinajstić information content (AvgIpc) is 2.48. The van der Waals surface area contributed by atoms with Gasteiger partial charge < -0.3 is 15.2 Å². The third-order valence-corrected chi connectivity index (χ3v) is 3.20. The summed E-state index contributed by atoms with van der Waals surface area (Å²) in [5.41, 5.74) is 2.26. The second kappa shape index (κ2) is 7.58. The summed E-state index contributed by atoms with van der Waals surface area (Å²) in [5, 5.41) is 12.8. The fourth-order valence-corrected chi connectivity index (χ4v) is 2.22. The van der Waals surface area contributed by atoms with E-state index in [2.05, 4.69) is 19.2 Å². The van der Waals surface area contributed by atoms with Gasteiger partial charge in [0, 0.05) is 17.8 Å². The maximum Gasteiger partial charge on any atom is 0.121 e. The van der Waals surface area contributed by atoms with Crippen LogP contribution in [0.5, 0.6) is 11.5 Å². The van der Waals surface area contributed by atoms with Crippen molar-refractivity contribution in [1.82, 2.24) is 0 Å². The van der Waals surface area contributed by atoms with Crippen LogP contribution in [0.15, 0.2) is 48.5 Å². The van der Waals surface area contributed by atoms with Crippen LogP contribution >= 0.6 is 0 Å². The smallest absolute Gasteiger partial charge is 0.121 e. The van der Waals surface area contributed by atoms with E-state index in [-0.39, 0.29) is 0 Å². The van der Waals surface area contributed by atoms with Crippen molar-refractivity contribution >= 4 is 5.69 Å². The topological polar surface area (TPSA) is 41.5 Å². The average molecular weight is 285 g/mol. The Morgan fingerprint density at radius 3 is 2.62 bits per heavy atom. The third kappa shape index (κ3) is 5.03. The zero-order valence-corrected chi connectivity index (χ0v) is 12.7. The summed E-state index contributed by atoms with van der Waals surface area (Å²) in [6.07, 6.45) is 1.91. The predicted octanol–water partition coefficient (Wildman–Crippen LogP) is 4.22. The molecule has 0 saturated heterocycles. The van der Waals surface area contributed by atoms with Crippen LogP contribution in [0, 0.1) is 0 Å². The lowest BCUT2D eigenvalue weighted by Crippen LogP contribution is -2.18. The summed E-state index contributed by atoms with van der Waals surface area (Å²) in [6.45, 7) is 4.99. The molecule has 0 bridgehead atoms. The van der Waals surface area contributed by atoms with E-state index in [0.717, 1.165) is 30.9 Å². The van der Waals surface area contributed by atoms with E-state index in [1.54, 1.807) is 12.1 Å². The summed E-state index contributed by atoms with van der Waals surface area (Å²) in [7, 11) is 0. The van der Waals surface area contributed by atoms with Gasteiger partial charge >= 0.3 is 0 Å². The molecule has 0 aliphatic carbocycles. The molecule has 3 heteroatoms. The highest BCUT2D eigenvalue weighted by Crippen LogP contribution is 2.19. The highest BCUT2D eigenvalue weighted by molar-refractivity contribution is 5.49. The van der Waals surface area contributed by atoms with Gasteiger partial charge in [-0.15, -0.1) is 0 Å².